The number of fused-ring (bicyclic) bond motifs is 1. The van der Waals surface area contributed by atoms with E-state index in [2.05, 4.69) is 15.0 Å². The quantitative estimate of drug-likeness (QED) is 0.624. The first kappa shape index (κ1) is 19.8. The van der Waals surface area contributed by atoms with Crippen molar-refractivity contribution in [2.45, 2.75) is 17.9 Å². The second-order valence-electron chi connectivity index (χ2n) is 6.66. The van der Waals surface area contributed by atoms with Gasteiger partial charge in [0.1, 0.15) is 19.3 Å². The van der Waals surface area contributed by atoms with Gasteiger partial charge in [0.05, 0.1) is 11.2 Å². The van der Waals surface area contributed by atoms with Gasteiger partial charge in [0, 0.05) is 29.8 Å². The summed E-state index contributed by atoms with van der Waals surface area (Å²) in [6.45, 7) is 2.56. The fourth-order valence-electron chi connectivity index (χ4n) is 2.91. The van der Waals surface area contributed by atoms with E-state index < -0.39 is 16.1 Å². The van der Waals surface area contributed by atoms with Crippen LogP contribution in [0.15, 0.2) is 66.1 Å². The molecule has 0 unspecified atom stereocenters. The maximum absolute atomic E-state index is 12.7. The number of nitrogens with one attached hydrogen (secondary N) is 2. The summed E-state index contributed by atoms with van der Waals surface area (Å²) in [6, 6.07) is 10.4. The molecule has 1 aliphatic rings. The van der Waals surface area contributed by atoms with E-state index in [-0.39, 0.29) is 10.8 Å². The average molecular weight is 428 g/mol. The van der Waals surface area contributed by atoms with E-state index in [1.54, 1.807) is 60.5 Å². The lowest BCUT2D eigenvalue weighted by Crippen LogP contribution is -2.22. The van der Waals surface area contributed by atoms with Crippen LogP contribution in [-0.2, 0) is 14.8 Å². The number of sulfonamides is 1. The molecule has 0 spiro atoms. The van der Waals surface area contributed by atoms with Gasteiger partial charge in [0.15, 0.2) is 11.5 Å². The Labute approximate surface area is 173 Å². The molecule has 0 fully saturated rings. The van der Waals surface area contributed by atoms with Crippen LogP contribution in [0, 0.1) is 0 Å². The summed E-state index contributed by atoms with van der Waals surface area (Å²) in [5, 5.41) is 2.79. The Hall–Kier alpha value is -3.53. The lowest BCUT2D eigenvalue weighted by molar-refractivity contribution is -0.118. The van der Waals surface area contributed by atoms with E-state index in [1.807, 2.05) is 0 Å². The first-order chi connectivity index (χ1) is 14.4. The molecule has 0 saturated carbocycles. The zero-order valence-corrected chi connectivity index (χ0v) is 16.9. The normalized spacial score (nSPS) is 14.0. The summed E-state index contributed by atoms with van der Waals surface area (Å²) in [4.78, 5) is 16.3. The molecule has 4 rings (SSSR count). The van der Waals surface area contributed by atoms with E-state index in [1.165, 1.54) is 12.1 Å². The van der Waals surface area contributed by atoms with Gasteiger partial charge in [-0.1, -0.05) is 0 Å². The third-order valence-electron chi connectivity index (χ3n) is 4.58. The van der Waals surface area contributed by atoms with E-state index in [9.17, 15) is 13.2 Å². The molecule has 3 aromatic rings. The molecule has 2 aromatic carbocycles. The lowest BCUT2D eigenvalue weighted by atomic mass is 10.2. The predicted molar refractivity (Wildman–Crippen MR) is 110 cm³/mol. The second kappa shape index (κ2) is 8.07. The number of carbonyl (C=O) groups excluding carboxylic acids is 1. The molecule has 1 amide bonds. The minimum Gasteiger partial charge on any atom is -0.486 e. The predicted octanol–water partition coefficient (Wildman–Crippen LogP) is 2.65. The van der Waals surface area contributed by atoms with Crippen LogP contribution in [0.3, 0.4) is 0 Å². The van der Waals surface area contributed by atoms with Gasteiger partial charge >= 0.3 is 0 Å². The van der Waals surface area contributed by atoms with Crippen LogP contribution >= 0.6 is 0 Å². The van der Waals surface area contributed by atoms with Gasteiger partial charge in [0.2, 0.25) is 5.91 Å². The molecule has 0 saturated heterocycles. The first-order valence-corrected chi connectivity index (χ1v) is 10.7. The molecule has 10 heteroatoms. The van der Waals surface area contributed by atoms with E-state index in [4.69, 9.17) is 9.47 Å². The van der Waals surface area contributed by atoms with Crippen molar-refractivity contribution in [1.82, 2.24) is 9.55 Å². The van der Waals surface area contributed by atoms with Gasteiger partial charge in [-0.05, 0) is 43.3 Å². The van der Waals surface area contributed by atoms with Crippen molar-refractivity contribution < 1.29 is 22.7 Å². The van der Waals surface area contributed by atoms with Crippen molar-refractivity contribution >= 4 is 27.3 Å². The molecule has 1 aliphatic heterocycles. The summed E-state index contributed by atoms with van der Waals surface area (Å²) in [5.41, 5.74) is 0.916. The Morgan fingerprint density at radius 2 is 1.77 bits per heavy atom. The van der Waals surface area contributed by atoms with Gasteiger partial charge in [-0.15, -0.1) is 0 Å². The number of hydrogen-bond donors (Lipinski definition) is 2. The largest absolute Gasteiger partial charge is 0.486 e. The summed E-state index contributed by atoms with van der Waals surface area (Å²) < 4.78 is 40.4. The molecule has 2 heterocycles. The fraction of sp³-hybridized carbons (Fsp3) is 0.200. The molecular weight excluding hydrogens is 408 g/mol. The van der Waals surface area contributed by atoms with Crippen LogP contribution in [0.4, 0.5) is 11.4 Å². The first-order valence-electron chi connectivity index (χ1n) is 9.23. The Morgan fingerprint density at radius 3 is 2.47 bits per heavy atom. The van der Waals surface area contributed by atoms with Crippen molar-refractivity contribution in [2.75, 3.05) is 23.3 Å². The third-order valence-corrected chi connectivity index (χ3v) is 5.96. The Kier molecular flexibility index (Phi) is 5.32. The highest BCUT2D eigenvalue weighted by Crippen LogP contribution is 2.32. The van der Waals surface area contributed by atoms with E-state index in [0.29, 0.717) is 36.1 Å². The van der Waals surface area contributed by atoms with Gasteiger partial charge in [-0.25, -0.2) is 13.4 Å². The molecule has 2 N–H and O–H groups in total. The van der Waals surface area contributed by atoms with Crippen LogP contribution in [0.25, 0.3) is 0 Å². The number of anilines is 2. The minimum atomic E-state index is -3.81. The smallest absolute Gasteiger partial charge is 0.262 e. The van der Waals surface area contributed by atoms with Crippen LogP contribution in [0.2, 0.25) is 0 Å². The molecule has 9 nitrogen and oxygen atoms in total. The van der Waals surface area contributed by atoms with Crippen molar-refractivity contribution in [1.29, 1.82) is 0 Å². The standard InChI is InChI=1S/C20H20N4O5S/c1-14(24-9-8-21-13-24)20(25)22-15-2-4-16(5-3-15)23-30(26,27)17-6-7-18-19(12-17)29-11-10-28-18/h2-9,12-14,23H,10-11H2,1H3,(H,22,25)/t14-/m1/s1. The van der Waals surface area contributed by atoms with E-state index in [0.717, 1.165) is 0 Å². The van der Waals surface area contributed by atoms with Crippen molar-refractivity contribution in [3.63, 3.8) is 0 Å². The zero-order valence-electron chi connectivity index (χ0n) is 16.1. The number of benzene rings is 2. The minimum absolute atomic E-state index is 0.0679. The van der Waals surface area contributed by atoms with Crippen molar-refractivity contribution in [3.8, 4) is 11.5 Å². The van der Waals surface area contributed by atoms with Gasteiger partial charge in [-0.2, -0.15) is 0 Å². The van der Waals surface area contributed by atoms with Gasteiger partial charge < -0.3 is 19.4 Å². The Bertz CT molecular complexity index is 1140. The fourth-order valence-corrected chi connectivity index (χ4v) is 3.98. The Morgan fingerprint density at radius 1 is 1.07 bits per heavy atom. The van der Waals surface area contributed by atoms with Crippen molar-refractivity contribution in [3.05, 3.63) is 61.2 Å². The third kappa shape index (κ3) is 4.23. The average Bonchev–Trinajstić information content (AvgIpc) is 3.29. The van der Waals surface area contributed by atoms with Crippen LogP contribution in [0.1, 0.15) is 13.0 Å². The summed E-state index contributed by atoms with van der Waals surface area (Å²) in [5.74, 6) is 0.706. The SMILES string of the molecule is C[C@H](C(=O)Nc1ccc(NS(=O)(=O)c2ccc3c(c2)OCCO3)cc1)n1ccnc1. The highest BCUT2D eigenvalue weighted by molar-refractivity contribution is 7.92. The Balaban J connectivity index is 1.43. The molecule has 0 aliphatic carbocycles. The van der Waals surface area contributed by atoms with Crippen LogP contribution in [-0.4, -0.2) is 37.1 Å². The monoisotopic (exact) mass is 428 g/mol. The van der Waals surface area contributed by atoms with Gasteiger partial charge in [-0.3, -0.25) is 9.52 Å². The number of hydrogen-bond acceptors (Lipinski definition) is 6. The van der Waals surface area contributed by atoms with Crippen LogP contribution in [0.5, 0.6) is 11.5 Å². The number of rotatable bonds is 6. The molecule has 1 atom stereocenters. The molecule has 0 radical (unpaired) electrons. The highest BCUT2D eigenvalue weighted by Gasteiger charge is 2.20. The number of ether oxygens (including phenoxy) is 2. The molecule has 30 heavy (non-hydrogen) atoms. The molecule has 1 aromatic heterocycles. The molecule has 156 valence electrons. The number of nitrogens with zero attached hydrogens (tertiary/aromatic N) is 2. The summed E-state index contributed by atoms with van der Waals surface area (Å²) >= 11 is 0. The highest BCUT2D eigenvalue weighted by atomic mass is 32.2. The number of carbonyl (C=O) groups is 1. The van der Waals surface area contributed by atoms with Crippen LogP contribution < -0.4 is 19.5 Å². The maximum Gasteiger partial charge on any atom is 0.262 e. The number of imidazole rings is 1. The summed E-state index contributed by atoms with van der Waals surface area (Å²) in [6.07, 6.45) is 4.88. The second-order valence-corrected chi connectivity index (χ2v) is 8.35. The molecule has 0 bridgehead atoms. The number of aromatic nitrogens is 2. The molecular formula is C20H20N4O5S. The number of amides is 1. The van der Waals surface area contributed by atoms with E-state index >= 15 is 0 Å². The maximum atomic E-state index is 12.7. The topological polar surface area (TPSA) is 112 Å². The van der Waals surface area contributed by atoms with Gasteiger partial charge in [0.25, 0.3) is 10.0 Å². The lowest BCUT2D eigenvalue weighted by Gasteiger charge is -2.19. The zero-order chi connectivity index (χ0) is 21.1. The van der Waals surface area contributed by atoms with Crippen molar-refractivity contribution in [2.24, 2.45) is 0 Å². The summed E-state index contributed by atoms with van der Waals surface area (Å²) in [7, 11) is -3.81.